The predicted octanol–water partition coefficient (Wildman–Crippen LogP) is 1.02. The van der Waals surface area contributed by atoms with Gasteiger partial charge in [0.05, 0.1) is 17.2 Å². The van der Waals surface area contributed by atoms with E-state index in [1.165, 1.54) is 0 Å². The second kappa shape index (κ2) is 5.03. The van der Waals surface area contributed by atoms with Crippen LogP contribution < -0.4 is 5.32 Å². The quantitative estimate of drug-likeness (QED) is 0.854. The molecule has 0 unspecified atom stereocenters. The summed E-state index contributed by atoms with van der Waals surface area (Å²) in [6.45, 7) is 3.65. The summed E-state index contributed by atoms with van der Waals surface area (Å²) >= 11 is 0. The fourth-order valence-corrected chi connectivity index (χ4v) is 2.70. The van der Waals surface area contributed by atoms with Crippen LogP contribution in [0.25, 0.3) is 0 Å². The highest BCUT2D eigenvalue weighted by Gasteiger charge is 2.31. The van der Waals surface area contributed by atoms with E-state index in [1.807, 2.05) is 6.92 Å². The zero-order valence-corrected chi connectivity index (χ0v) is 11.4. The minimum atomic E-state index is -0.773. The Morgan fingerprint density at radius 2 is 2.05 bits per heavy atom. The van der Waals surface area contributed by atoms with Gasteiger partial charge in [-0.1, -0.05) is 0 Å². The molecule has 1 fully saturated rings. The third-order valence-corrected chi connectivity index (χ3v) is 3.85. The fourth-order valence-electron chi connectivity index (χ4n) is 2.70. The number of amides is 1. The summed E-state index contributed by atoms with van der Waals surface area (Å²) in [6.07, 6.45) is 1.87. The molecule has 0 bridgehead atoms. The number of carbonyl (C=O) groups is 2. The molecular formula is C13H19N3O3. The summed E-state index contributed by atoms with van der Waals surface area (Å²) in [5.74, 6) is -1.26. The third kappa shape index (κ3) is 2.62. The molecule has 2 rings (SSSR count). The highest BCUT2D eigenvalue weighted by Crippen LogP contribution is 2.26. The van der Waals surface area contributed by atoms with Gasteiger partial charge in [-0.25, -0.2) is 0 Å². The van der Waals surface area contributed by atoms with E-state index >= 15 is 0 Å². The molecule has 104 valence electrons. The molecule has 1 heterocycles. The van der Waals surface area contributed by atoms with Crippen molar-refractivity contribution in [2.45, 2.75) is 39.2 Å². The summed E-state index contributed by atoms with van der Waals surface area (Å²) in [5, 5.41) is 16.1. The van der Waals surface area contributed by atoms with Gasteiger partial charge in [-0.15, -0.1) is 0 Å². The maximum absolute atomic E-state index is 12.2. The van der Waals surface area contributed by atoms with Gasteiger partial charge in [-0.3, -0.25) is 14.3 Å². The molecule has 1 amide bonds. The second-order valence-corrected chi connectivity index (χ2v) is 5.19. The summed E-state index contributed by atoms with van der Waals surface area (Å²) < 4.78 is 1.68. The lowest BCUT2D eigenvalue weighted by molar-refractivity contribution is -0.141. The molecule has 1 aliphatic carbocycles. The molecule has 0 aromatic carbocycles. The van der Waals surface area contributed by atoms with E-state index in [0.717, 1.165) is 12.1 Å². The van der Waals surface area contributed by atoms with Crippen molar-refractivity contribution in [1.82, 2.24) is 15.1 Å². The van der Waals surface area contributed by atoms with Gasteiger partial charge in [0.15, 0.2) is 0 Å². The monoisotopic (exact) mass is 265 g/mol. The molecule has 6 nitrogen and oxygen atoms in total. The van der Waals surface area contributed by atoms with E-state index in [9.17, 15) is 9.59 Å². The van der Waals surface area contributed by atoms with E-state index in [2.05, 4.69) is 10.4 Å². The highest BCUT2D eigenvalue weighted by molar-refractivity contribution is 5.96. The summed E-state index contributed by atoms with van der Waals surface area (Å²) in [5.41, 5.74) is 2.12. The molecule has 1 aliphatic rings. The first kappa shape index (κ1) is 13.6. The van der Waals surface area contributed by atoms with Crippen LogP contribution in [-0.2, 0) is 11.8 Å². The van der Waals surface area contributed by atoms with Crippen LogP contribution in [0.3, 0.4) is 0 Å². The minimum absolute atomic E-state index is 0.0485. The number of rotatable bonds is 3. The van der Waals surface area contributed by atoms with Crippen molar-refractivity contribution in [1.29, 1.82) is 0 Å². The molecule has 19 heavy (non-hydrogen) atoms. The van der Waals surface area contributed by atoms with Crippen LogP contribution in [0.4, 0.5) is 0 Å². The summed E-state index contributed by atoms with van der Waals surface area (Å²) in [7, 11) is 1.80. The van der Waals surface area contributed by atoms with Crippen LogP contribution in [-0.4, -0.2) is 32.8 Å². The van der Waals surface area contributed by atoms with Gasteiger partial charge in [0.25, 0.3) is 5.91 Å². The van der Waals surface area contributed by atoms with Crippen molar-refractivity contribution in [2.75, 3.05) is 0 Å². The van der Waals surface area contributed by atoms with Gasteiger partial charge in [-0.05, 0) is 33.1 Å². The van der Waals surface area contributed by atoms with Crippen LogP contribution in [0, 0.1) is 19.8 Å². The maximum Gasteiger partial charge on any atom is 0.306 e. The van der Waals surface area contributed by atoms with Gasteiger partial charge in [0, 0.05) is 18.8 Å². The smallest absolute Gasteiger partial charge is 0.306 e. The van der Waals surface area contributed by atoms with Gasteiger partial charge in [-0.2, -0.15) is 5.10 Å². The predicted molar refractivity (Wildman–Crippen MR) is 68.9 cm³/mol. The van der Waals surface area contributed by atoms with Crippen molar-refractivity contribution < 1.29 is 14.7 Å². The molecule has 2 atom stereocenters. The summed E-state index contributed by atoms with van der Waals surface area (Å²) in [6, 6.07) is -0.0485. The Balaban J connectivity index is 2.04. The first-order chi connectivity index (χ1) is 8.90. The number of nitrogens with zero attached hydrogens (tertiary/aromatic N) is 2. The van der Waals surface area contributed by atoms with Gasteiger partial charge >= 0.3 is 5.97 Å². The second-order valence-electron chi connectivity index (χ2n) is 5.19. The van der Waals surface area contributed by atoms with Crippen LogP contribution in [0.2, 0.25) is 0 Å². The molecule has 0 saturated heterocycles. The SMILES string of the molecule is Cc1nn(C)c(C)c1C(=O)N[C@H]1CC[C@@H](C(=O)O)C1. The van der Waals surface area contributed by atoms with E-state index < -0.39 is 5.97 Å². The van der Waals surface area contributed by atoms with E-state index in [0.29, 0.717) is 24.1 Å². The van der Waals surface area contributed by atoms with Crippen LogP contribution >= 0.6 is 0 Å². The molecule has 1 aromatic heterocycles. The number of aromatic nitrogens is 2. The molecular weight excluding hydrogens is 246 g/mol. The number of hydrogen-bond acceptors (Lipinski definition) is 3. The van der Waals surface area contributed by atoms with E-state index in [-0.39, 0.29) is 17.9 Å². The topological polar surface area (TPSA) is 84.2 Å². The molecule has 0 aliphatic heterocycles. The molecule has 1 saturated carbocycles. The molecule has 6 heteroatoms. The number of carboxylic acids is 1. The average Bonchev–Trinajstić information content (AvgIpc) is 2.85. The normalized spacial score (nSPS) is 22.5. The van der Waals surface area contributed by atoms with Crippen molar-refractivity contribution in [2.24, 2.45) is 13.0 Å². The van der Waals surface area contributed by atoms with Gasteiger partial charge in [0.1, 0.15) is 0 Å². The molecule has 0 spiro atoms. The molecule has 1 aromatic rings. The Hall–Kier alpha value is -1.85. The number of hydrogen-bond donors (Lipinski definition) is 2. The van der Waals surface area contributed by atoms with E-state index in [4.69, 9.17) is 5.11 Å². The van der Waals surface area contributed by atoms with Crippen molar-refractivity contribution in [3.05, 3.63) is 17.0 Å². The number of nitrogens with one attached hydrogen (secondary N) is 1. The van der Waals surface area contributed by atoms with Gasteiger partial charge in [0.2, 0.25) is 0 Å². The van der Waals surface area contributed by atoms with Crippen molar-refractivity contribution in [3.8, 4) is 0 Å². The average molecular weight is 265 g/mol. The van der Waals surface area contributed by atoms with Crippen LogP contribution in [0.5, 0.6) is 0 Å². The Labute approximate surface area is 111 Å². The summed E-state index contributed by atoms with van der Waals surface area (Å²) in [4.78, 5) is 23.1. The number of aliphatic carboxylic acids is 1. The fraction of sp³-hybridized carbons (Fsp3) is 0.615. The highest BCUT2D eigenvalue weighted by atomic mass is 16.4. The van der Waals surface area contributed by atoms with E-state index in [1.54, 1.807) is 18.7 Å². The van der Waals surface area contributed by atoms with Crippen molar-refractivity contribution >= 4 is 11.9 Å². The lowest BCUT2D eigenvalue weighted by Crippen LogP contribution is -2.34. The van der Waals surface area contributed by atoms with Gasteiger partial charge < -0.3 is 10.4 Å². The Kier molecular flexibility index (Phi) is 3.59. The van der Waals surface area contributed by atoms with Crippen LogP contribution in [0.1, 0.15) is 41.0 Å². The maximum atomic E-state index is 12.2. The Bertz CT molecular complexity index is 521. The first-order valence-corrected chi connectivity index (χ1v) is 6.44. The molecule has 2 N–H and O–H groups in total. The Morgan fingerprint density at radius 1 is 1.37 bits per heavy atom. The zero-order chi connectivity index (χ0) is 14.2. The number of aryl methyl sites for hydroxylation is 2. The largest absolute Gasteiger partial charge is 0.481 e. The number of carboxylic acid groups (broad SMARTS) is 1. The van der Waals surface area contributed by atoms with Crippen LogP contribution in [0.15, 0.2) is 0 Å². The standard InChI is InChI=1S/C13H19N3O3/c1-7-11(8(2)16(3)15-7)12(17)14-10-5-4-9(6-10)13(18)19/h9-10H,4-6H2,1-3H3,(H,14,17)(H,18,19)/t9-,10+/m1/s1. The van der Waals surface area contributed by atoms with Crippen molar-refractivity contribution in [3.63, 3.8) is 0 Å². The number of carbonyl (C=O) groups excluding carboxylic acids is 1. The zero-order valence-electron chi connectivity index (χ0n) is 11.4. The first-order valence-electron chi connectivity index (χ1n) is 6.44. The molecule has 0 radical (unpaired) electrons. The third-order valence-electron chi connectivity index (χ3n) is 3.85. The Morgan fingerprint density at radius 3 is 2.53 bits per heavy atom. The minimum Gasteiger partial charge on any atom is -0.481 e. The lowest BCUT2D eigenvalue weighted by atomic mass is 10.1. The lowest BCUT2D eigenvalue weighted by Gasteiger charge is -2.12.